The molecular weight excluding hydrogens is 314 g/mol. The summed E-state index contributed by atoms with van der Waals surface area (Å²) in [5.41, 5.74) is 0.651. The lowest BCUT2D eigenvalue weighted by Gasteiger charge is -2.31. The molecule has 23 heavy (non-hydrogen) atoms. The van der Waals surface area contributed by atoms with Crippen molar-refractivity contribution in [2.75, 3.05) is 37.2 Å². The molecule has 0 saturated carbocycles. The molecule has 1 aromatic carbocycles. The van der Waals surface area contributed by atoms with Gasteiger partial charge in [0, 0.05) is 31.9 Å². The number of carbonyl (C=O) groups is 1. The molecule has 1 heterocycles. The quantitative estimate of drug-likeness (QED) is 0.845. The summed E-state index contributed by atoms with van der Waals surface area (Å²) < 4.78 is 26.6. The van der Waals surface area contributed by atoms with Crippen LogP contribution in [0.3, 0.4) is 0 Å². The molecule has 0 atom stereocenters. The molecule has 1 aliphatic rings. The lowest BCUT2D eigenvalue weighted by Crippen LogP contribution is -2.50. The molecule has 0 aromatic heterocycles. The van der Waals surface area contributed by atoms with E-state index in [2.05, 4.69) is 10.6 Å². The van der Waals surface area contributed by atoms with Gasteiger partial charge in [-0.2, -0.15) is 4.31 Å². The smallest absolute Gasteiger partial charge is 0.231 e. The second kappa shape index (κ2) is 6.98. The van der Waals surface area contributed by atoms with E-state index >= 15 is 0 Å². The Bertz CT molecular complexity index is 665. The second-order valence-electron chi connectivity index (χ2n) is 6.56. The van der Waals surface area contributed by atoms with Gasteiger partial charge in [-0.3, -0.25) is 4.79 Å². The molecule has 1 aromatic rings. The number of piperazine rings is 1. The fourth-order valence-corrected chi connectivity index (χ4v) is 4.50. The predicted molar refractivity (Wildman–Crippen MR) is 91.8 cm³/mol. The van der Waals surface area contributed by atoms with Gasteiger partial charge in [-0.25, -0.2) is 8.42 Å². The Morgan fingerprint density at radius 3 is 2.48 bits per heavy atom. The minimum Gasteiger partial charge on any atom is -0.325 e. The first kappa shape index (κ1) is 17.9. The Balaban J connectivity index is 2.08. The fraction of sp³-hybridized carbons (Fsp3) is 0.562. The maximum atomic E-state index is 12.5. The van der Waals surface area contributed by atoms with Gasteiger partial charge < -0.3 is 10.6 Å². The van der Waals surface area contributed by atoms with Crippen LogP contribution in [0.2, 0.25) is 0 Å². The van der Waals surface area contributed by atoms with E-state index in [4.69, 9.17) is 0 Å². The van der Waals surface area contributed by atoms with Crippen molar-refractivity contribution in [3.8, 4) is 0 Å². The number of nitrogens with one attached hydrogen (secondary N) is 2. The summed E-state index contributed by atoms with van der Waals surface area (Å²) in [6.45, 7) is 7.45. The molecule has 7 heteroatoms. The van der Waals surface area contributed by atoms with Crippen LogP contribution in [0.1, 0.15) is 19.4 Å². The molecule has 1 fully saturated rings. The van der Waals surface area contributed by atoms with Crippen LogP contribution < -0.4 is 10.6 Å². The number of nitrogens with zero attached hydrogens (tertiary/aromatic N) is 1. The monoisotopic (exact) mass is 339 g/mol. The lowest BCUT2D eigenvalue weighted by atomic mass is 9.95. The molecule has 1 amide bonds. The Kier molecular flexibility index (Phi) is 5.44. The molecule has 128 valence electrons. The average Bonchev–Trinajstić information content (AvgIpc) is 2.49. The highest BCUT2D eigenvalue weighted by Crippen LogP contribution is 2.24. The van der Waals surface area contributed by atoms with Crippen LogP contribution in [-0.4, -0.2) is 50.6 Å². The van der Waals surface area contributed by atoms with Crippen molar-refractivity contribution >= 4 is 21.6 Å². The molecule has 1 aliphatic heterocycles. The highest BCUT2D eigenvalue weighted by molar-refractivity contribution is 7.89. The number of benzene rings is 1. The molecule has 0 spiro atoms. The topological polar surface area (TPSA) is 78.5 Å². The average molecular weight is 339 g/mol. The van der Waals surface area contributed by atoms with E-state index in [-0.39, 0.29) is 11.7 Å². The SMILES string of the molecule is Cc1ccccc1NC(=O)C(C)(C)CS(=O)(=O)N1CCNCC1. The number of aryl methyl sites for hydroxylation is 1. The van der Waals surface area contributed by atoms with Gasteiger partial charge in [0.15, 0.2) is 0 Å². The number of rotatable bonds is 5. The Labute approximate surface area is 138 Å². The third-order valence-corrected chi connectivity index (χ3v) is 6.26. The molecule has 0 bridgehead atoms. The first-order valence-electron chi connectivity index (χ1n) is 7.78. The van der Waals surface area contributed by atoms with E-state index in [0.717, 1.165) is 5.56 Å². The van der Waals surface area contributed by atoms with Crippen LogP contribution in [0.4, 0.5) is 5.69 Å². The molecule has 2 rings (SSSR count). The summed E-state index contributed by atoms with van der Waals surface area (Å²) in [6, 6.07) is 7.45. The van der Waals surface area contributed by atoms with Crippen molar-refractivity contribution in [1.29, 1.82) is 0 Å². The molecule has 0 unspecified atom stereocenters. The summed E-state index contributed by atoms with van der Waals surface area (Å²) >= 11 is 0. The minimum absolute atomic E-state index is 0.197. The van der Waals surface area contributed by atoms with E-state index in [1.165, 1.54) is 4.31 Å². The van der Waals surface area contributed by atoms with Crippen LogP contribution in [0.5, 0.6) is 0 Å². The van der Waals surface area contributed by atoms with Gasteiger partial charge >= 0.3 is 0 Å². The number of carbonyl (C=O) groups excluding carboxylic acids is 1. The maximum absolute atomic E-state index is 12.5. The molecule has 6 nitrogen and oxygen atoms in total. The van der Waals surface area contributed by atoms with Crippen LogP contribution in [0.15, 0.2) is 24.3 Å². The van der Waals surface area contributed by atoms with Gasteiger partial charge in [0.1, 0.15) is 0 Å². The first-order chi connectivity index (χ1) is 10.7. The van der Waals surface area contributed by atoms with Crippen LogP contribution in [-0.2, 0) is 14.8 Å². The largest absolute Gasteiger partial charge is 0.325 e. The summed E-state index contributed by atoms with van der Waals surface area (Å²) in [6.07, 6.45) is 0. The summed E-state index contributed by atoms with van der Waals surface area (Å²) in [5.74, 6) is -0.483. The zero-order chi connectivity index (χ0) is 17.1. The van der Waals surface area contributed by atoms with Crippen molar-refractivity contribution in [3.05, 3.63) is 29.8 Å². The minimum atomic E-state index is -3.46. The molecule has 1 saturated heterocycles. The number of hydrogen-bond donors (Lipinski definition) is 2. The highest BCUT2D eigenvalue weighted by Gasteiger charge is 2.36. The van der Waals surface area contributed by atoms with Crippen molar-refractivity contribution in [3.63, 3.8) is 0 Å². The van der Waals surface area contributed by atoms with E-state index in [9.17, 15) is 13.2 Å². The van der Waals surface area contributed by atoms with Gasteiger partial charge in [-0.05, 0) is 32.4 Å². The molecule has 2 N–H and O–H groups in total. The third kappa shape index (κ3) is 4.53. The van der Waals surface area contributed by atoms with Gasteiger partial charge in [0.05, 0.1) is 11.2 Å². The Morgan fingerprint density at radius 1 is 1.26 bits per heavy atom. The zero-order valence-electron chi connectivity index (χ0n) is 13.9. The van der Waals surface area contributed by atoms with Gasteiger partial charge in [-0.1, -0.05) is 18.2 Å². The first-order valence-corrected chi connectivity index (χ1v) is 9.39. The highest BCUT2D eigenvalue weighted by atomic mass is 32.2. The van der Waals surface area contributed by atoms with Crippen molar-refractivity contribution in [1.82, 2.24) is 9.62 Å². The van der Waals surface area contributed by atoms with Crippen LogP contribution >= 0.6 is 0 Å². The number of anilines is 1. The molecular formula is C16H25N3O3S. The third-order valence-electron chi connectivity index (χ3n) is 4.02. The standard InChI is InChI=1S/C16H25N3O3S/c1-13-6-4-5-7-14(13)18-15(20)16(2,3)12-23(21,22)19-10-8-17-9-11-19/h4-7,17H,8-12H2,1-3H3,(H,18,20). The summed E-state index contributed by atoms with van der Waals surface area (Å²) in [4.78, 5) is 12.5. The fourth-order valence-electron chi connectivity index (χ4n) is 2.54. The van der Waals surface area contributed by atoms with Crippen molar-refractivity contribution < 1.29 is 13.2 Å². The zero-order valence-corrected chi connectivity index (χ0v) is 14.7. The van der Waals surface area contributed by atoms with Crippen LogP contribution in [0.25, 0.3) is 0 Å². The van der Waals surface area contributed by atoms with Crippen LogP contribution in [0, 0.1) is 12.3 Å². The molecule has 0 radical (unpaired) electrons. The Hall–Kier alpha value is -1.44. The van der Waals surface area contributed by atoms with E-state index in [1.807, 2.05) is 31.2 Å². The summed E-state index contributed by atoms with van der Waals surface area (Å²) in [5, 5.41) is 5.97. The number of amides is 1. The Morgan fingerprint density at radius 2 is 1.87 bits per heavy atom. The van der Waals surface area contributed by atoms with Crippen molar-refractivity contribution in [2.45, 2.75) is 20.8 Å². The lowest BCUT2D eigenvalue weighted by molar-refractivity contribution is -0.123. The number of hydrogen-bond acceptors (Lipinski definition) is 4. The van der Waals surface area contributed by atoms with Gasteiger partial charge in [0.25, 0.3) is 0 Å². The van der Waals surface area contributed by atoms with E-state index < -0.39 is 15.4 Å². The molecule has 0 aliphatic carbocycles. The van der Waals surface area contributed by atoms with E-state index in [1.54, 1.807) is 13.8 Å². The van der Waals surface area contributed by atoms with Crippen molar-refractivity contribution in [2.24, 2.45) is 5.41 Å². The van der Waals surface area contributed by atoms with Gasteiger partial charge in [-0.15, -0.1) is 0 Å². The summed E-state index contributed by atoms with van der Waals surface area (Å²) in [7, 11) is -3.46. The maximum Gasteiger partial charge on any atom is 0.231 e. The second-order valence-corrected chi connectivity index (χ2v) is 8.53. The number of sulfonamides is 1. The number of para-hydroxylation sites is 1. The van der Waals surface area contributed by atoms with E-state index in [0.29, 0.717) is 31.9 Å². The van der Waals surface area contributed by atoms with Gasteiger partial charge in [0.2, 0.25) is 15.9 Å². The normalized spacial score (nSPS) is 17.0. The predicted octanol–water partition coefficient (Wildman–Crippen LogP) is 1.19.